The molecule has 0 aliphatic carbocycles. The summed E-state index contributed by atoms with van der Waals surface area (Å²) in [5, 5.41) is 13.3. The van der Waals surface area contributed by atoms with Crippen LogP contribution in [-0.2, 0) is 9.53 Å². The molecular formula is C11H19F3N2O4. The standard InChI is InChI=1S/C11H19F3N2O4/c1-2-3-4-8(9(17)18)16-10(19)15-5-6-20-7-11(12,13)14/h8H,2-7H2,1H3,(H,17,18)(H2,15,16,19)/t8-/m0/s1. The van der Waals surface area contributed by atoms with E-state index in [1.54, 1.807) is 0 Å². The van der Waals surface area contributed by atoms with Crippen molar-refractivity contribution in [2.45, 2.75) is 38.4 Å². The van der Waals surface area contributed by atoms with E-state index in [-0.39, 0.29) is 13.2 Å². The third-order valence-corrected chi connectivity index (χ3v) is 2.25. The SMILES string of the molecule is CCCC[C@H](NC(=O)NCCOCC(F)(F)F)C(=O)O. The van der Waals surface area contributed by atoms with Crippen LogP contribution < -0.4 is 10.6 Å². The lowest BCUT2D eigenvalue weighted by Gasteiger charge is -2.15. The fraction of sp³-hybridized carbons (Fsp3) is 0.818. The number of hydrogen-bond acceptors (Lipinski definition) is 3. The smallest absolute Gasteiger partial charge is 0.411 e. The number of halogens is 3. The number of hydrogen-bond donors (Lipinski definition) is 3. The van der Waals surface area contributed by atoms with Crippen molar-refractivity contribution in [1.82, 2.24) is 10.6 Å². The predicted molar refractivity (Wildman–Crippen MR) is 64.4 cm³/mol. The van der Waals surface area contributed by atoms with Gasteiger partial charge in [0.25, 0.3) is 0 Å². The highest BCUT2D eigenvalue weighted by atomic mass is 19.4. The molecule has 0 fully saturated rings. The second-order valence-electron chi connectivity index (χ2n) is 4.10. The number of ether oxygens (including phenoxy) is 1. The van der Waals surface area contributed by atoms with Crippen LogP contribution in [0.1, 0.15) is 26.2 Å². The first-order chi connectivity index (χ1) is 9.26. The van der Waals surface area contributed by atoms with E-state index in [0.29, 0.717) is 12.8 Å². The molecule has 3 N–H and O–H groups in total. The van der Waals surface area contributed by atoms with Gasteiger partial charge in [-0.25, -0.2) is 9.59 Å². The minimum absolute atomic E-state index is 0.137. The molecule has 0 aliphatic rings. The van der Waals surface area contributed by atoms with Crippen molar-refractivity contribution in [2.75, 3.05) is 19.8 Å². The van der Waals surface area contributed by atoms with Gasteiger partial charge in [-0.1, -0.05) is 19.8 Å². The highest BCUT2D eigenvalue weighted by molar-refractivity contribution is 5.82. The second kappa shape index (κ2) is 9.40. The Hall–Kier alpha value is -1.51. The first kappa shape index (κ1) is 18.5. The molecule has 0 heterocycles. The molecule has 6 nitrogen and oxygen atoms in total. The van der Waals surface area contributed by atoms with Crippen molar-refractivity contribution < 1.29 is 32.6 Å². The summed E-state index contributed by atoms with van der Waals surface area (Å²) in [6, 6.07) is -1.75. The van der Waals surface area contributed by atoms with Crippen LogP contribution >= 0.6 is 0 Å². The van der Waals surface area contributed by atoms with Gasteiger partial charge in [-0.3, -0.25) is 0 Å². The molecular weight excluding hydrogens is 281 g/mol. The maximum absolute atomic E-state index is 11.7. The molecule has 0 bridgehead atoms. The number of amides is 2. The Labute approximate surface area is 114 Å². The van der Waals surface area contributed by atoms with E-state index in [1.807, 2.05) is 6.92 Å². The topological polar surface area (TPSA) is 87.7 Å². The van der Waals surface area contributed by atoms with Gasteiger partial charge in [-0.2, -0.15) is 13.2 Å². The normalized spacial score (nSPS) is 12.8. The van der Waals surface area contributed by atoms with Crippen molar-refractivity contribution in [2.24, 2.45) is 0 Å². The van der Waals surface area contributed by atoms with E-state index < -0.39 is 30.8 Å². The molecule has 0 saturated heterocycles. The fourth-order valence-electron chi connectivity index (χ4n) is 1.30. The molecule has 2 amide bonds. The van der Waals surface area contributed by atoms with Gasteiger partial charge >= 0.3 is 18.2 Å². The highest BCUT2D eigenvalue weighted by Crippen LogP contribution is 2.13. The van der Waals surface area contributed by atoms with Crippen molar-refractivity contribution in [3.8, 4) is 0 Å². The van der Waals surface area contributed by atoms with Crippen LogP contribution in [-0.4, -0.2) is 49.1 Å². The van der Waals surface area contributed by atoms with Gasteiger partial charge in [0.2, 0.25) is 0 Å². The second-order valence-corrected chi connectivity index (χ2v) is 4.10. The van der Waals surface area contributed by atoms with Gasteiger partial charge in [0.15, 0.2) is 0 Å². The molecule has 0 rings (SSSR count). The number of rotatable bonds is 9. The van der Waals surface area contributed by atoms with E-state index >= 15 is 0 Å². The predicted octanol–water partition coefficient (Wildman–Crippen LogP) is 1.51. The minimum atomic E-state index is -4.41. The molecule has 1 atom stereocenters. The molecule has 20 heavy (non-hydrogen) atoms. The Kier molecular flexibility index (Phi) is 8.69. The molecule has 118 valence electrons. The van der Waals surface area contributed by atoms with E-state index in [0.717, 1.165) is 6.42 Å². The number of carbonyl (C=O) groups is 2. The summed E-state index contributed by atoms with van der Waals surface area (Å²) in [5.74, 6) is -1.15. The number of unbranched alkanes of at least 4 members (excludes halogenated alkanes) is 1. The lowest BCUT2D eigenvalue weighted by Crippen LogP contribution is -2.46. The van der Waals surface area contributed by atoms with Crippen molar-refractivity contribution in [3.05, 3.63) is 0 Å². The Balaban J connectivity index is 3.82. The minimum Gasteiger partial charge on any atom is -0.480 e. The number of aliphatic carboxylic acids is 1. The molecule has 0 aromatic rings. The zero-order valence-corrected chi connectivity index (χ0v) is 11.1. The van der Waals surface area contributed by atoms with Crippen LogP contribution in [0.2, 0.25) is 0 Å². The number of carboxylic acid groups (broad SMARTS) is 1. The van der Waals surface area contributed by atoms with Gasteiger partial charge in [0.1, 0.15) is 12.6 Å². The lowest BCUT2D eigenvalue weighted by molar-refractivity contribution is -0.173. The summed E-state index contributed by atoms with van der Waals surface area (Å²) in [5.41, 5.74) is 0. The Bertz CT molecular complexity index is 311. The summed E-state index contributed by atoms with van der Waals surface area (Å²) in [6.07, 6.45) is -2.68. The molecule has 0 unspecified atom stereocenters. The van der Waals surface area contributed by atoms with E-state index in [9.17, 15) is 22.8 Å². The average Bonchev–Trinajstić information content (AvgIpc) is 2.32. The average molecular weight is 300 g/mol. The lowest BCUT2D eigenvalue weighted by atomic mass is 10.1. The van der Waals surface area contributed by atoms with Crippen molar-refractivity contribution in [1.29, 1.82) is 0 Å². The van der Waals surface area contributed by atoms with Gasteiger partial charge in [-0.05, 0) is 6.42 Å². The van der Waals surface area contributed by atoms with Gasteiger partial charge in [0, 0.05) is 6.54 Å². The summed E-state index contributed by atoms with van der Waals surface area (Å²) < 4.78 is 39.5. The molecule has 0 aromatic heterocycles. The molecule has 0 aromatic carbocycles. The molecule has 0 radical (unpaired) electrons. The zero-order valence-electron chi connectivity index (χ0n) is 11.1. The van der Waals surface area contributed by atoms with E-state index in [2.05, 4.69) is 15.4 Å². The zero-order chi connectivity index (χ0) is 15.6. The first-order valence-corrected chi connectivity index (χ1v) is 6.18. The number of carbonyl (C=O) groups excluding carboxylic acids is 1. The van der Waals surface area contributed by atoms with E-state index in [1.165, 1.54) is 0 Å². The van der Waals surface area contributed by atoms with Gasteiger partial charge in [0.05, 0.1) is 6.61 Å². The number of carboxylic acids is 1. The Morgan fingerprint density at radius 2 is 2.00 bits per heavy atom. The van der Waals surface area contributed by atoms with Crippen molar-refractivity contribution in [3.63, 3.8) is 0 Å². The highest BCUT2D eigenvalue weighted by Gasteiger charge is 2.27. The number of urea groups is 1. The maximum atomic E-state index is 11.7. The Morgan fingerprint density at radius 3 is 2.50 bits per heavy atom. The van der Waals surface area contributed by atoms with Gasteiger partial charge < -0.3 is 20.5 Å². The monoisotopic (exact) mass is 300 g/mol. The molecule has 0 spiro atoms. The van der Waals surface area contributed by atoms with Gasteiger partial charge in [-0.15, -0.1) is 0 Å². The summed E-state index contributed by atoms with van der Waals surface area (Å²) in [7, 11) is 0. The van der Waals surface area contributed by atoms with Crippen LogP contribution in [0.15, 0.2) is 0 Å². The maximum Gasteiger partial charge on any atom is 0.411 e. The van der Waals surface area contributed by atoms with Crippen LogP contribution in [0, 0.1) is 0 Å². The summed E-state index contributed by atoms with van der Waals surface area (Å²) in [6.45, 7) is 0.0587. The Morgan fingerprint density at radius 1 is 1.35 bits per heavy atom. The van der Waals surface area contributed by atoms with E-state index in [4.69, 9.17) is 5.11 Å². The van der Waals surface area contributed by atoms with Crippen molar-refractivity contribution >= 4 is 12.0 Å². The number of alkyl halides is 3. The first-order valence-electron chi connectivity index (χ1n) is 6.18. The third-order valence-electron chi connectivity index (χ3n) is 2.25. The molecule has 9 heteroatoms. The van der Waals surface area contributed by atoms with Crippen LogP contribution in [0.25, 0.3) is 0 Å². The molecule has 0 aliphatic heterocycles. The van der Waals surface area contributed by atoms with Crippen LogP contribution in [0.3, 0.4) is 0 Å². The fourth-order valence-corrected chi connectivity index (χ4v) is 1.30. The largest absolute Gasteiger partial charge is 0.480 e. The third kappa shape index (κ3) is 10.4. The quantitative estimate of drug-likeness (QED) is 0.563. The van der Waals surface area contributed by atoms with Crippen LogP contribution in [0.4, 0.5) is 18.0 Å². The van der Waals surface area contributed by atoms with Crippen LogP contribution in [0.5, 0.6) is 0 Å². The summed E-state index contributed by atoms with van der Waals surface area (Å²) in [4.78, 5) is 22.2. The summed E-state index contributed by atoms with van der Waals surface area (Å²) >= 11 is 0. The molecule has 0 saturated carbocycles. The number of nitrogens with one attached hydrogen (secondary N) is 2.